The van der Waals surface area contributed by atoms with Gasteiger partial charge in [-0.1, -0.05) is 60.7 Å². The van der Waals surface area contributed by atoms with Crippen molar-refractivity contribution in [1.82, 2.24) is 0 Å². The molecular formula is C32H54O8S3Si2. The maximum atomic E-state index is 6.34. The van der Waals surface area contributed by atoms with Crippen molar-refractivity contribution in [3.8, 4) is 0 Å². The Kier molecular flexibility index (Phi) is 22.4. The van der Waals surface area contributed by atoms with Crippen LogP contribution in [0.25, 0.3) is 0 Å². The van der Waals surface area contributed by atoms with E-state index in [9.17, 15) is 0 Å². The average molecular weight is 719 g/mol. The van der Waals surface area contributed by atoms with Crippen LogP contribution < -0.4 is 0 Å². The fourth-order valence-electron chi connectivity index (χ4n) is 5.02. The lowest BCUT2D eigenvalue weighted by molar-refractivity contribution is 0.0690. The molecule has 2 aromatic carbocycles. The van der Waals surface area contributed by atoms with E-state index in [0.29, 0.717) is 39.6 Å². The normalized spacial score (nSPS) is 13.6. The molecule has 2 atom stereocenters. The molecule has 256 valence electrons. The summed E-state index contributed by atoms with van der Waals surface area (Å²) in [5.74, 6) is 0. The van der Waals surface area contributed by atoms with Crippen LogP contribution in [0, 0.1) is 0 Å². The zero-order valence-electron chi connectivity index (χ0n) is 27.9. The molecule has 0 aliphatic heterocycles. The van der Waals surface area contributed by atoms with Crippen LogP contribution in [-0.4, -0.2) is 57.3 Å². The van der Waals surface area contributed by atoms with Gasteiger partial charge in [-0.25, -0.2) is 0 Å². The molecule has 0 aliphatic rings. The van der Waals surface area contributed by atoms with Crippen LogP contribution in [0.1, 0.15) is 90.6 Å². The smallest absolute Gasteiger partial charge is 0.374 e. The van der Waals surface area contributed by atoms with Gasteiger partial charge in [0.05, 0.1) is 34.4 Å². The molecule has 0 fully saturated rings. The van der Waals surface area contributed by atoms with Crippen LogP contribution in [0.15, 0.2) is 60.7 Å². The Labute approximate surface area is 286 Å². The summed E-state index contributed by atoms with van der Waals surface area (Å²) in [5.41, 5.74) is 2.28. The Morgan fingerprint density at radius 1 is 0.489 bits per heavy atom. The van der Waals surface area contributed by atoms with E-state index in [0.717, 1.165) is 48.9 Å². The van der Waals surface area contributed by atoms with Crippen LogP contribution in [0.2, 0.25) is 12.1 Å². The lowest BCUT2D eigenvalue weighted by Gasteiger charge is -2.29. The second-order valence-electron chi connectivity index (χ2n) is 9.94. The zero-order valence-corrected chi connectivity index (χ0v) is 32.4. The minimum atomic E-state index is -2.70. The van der Waals surface area contributed by atoms with Gasteiger partial charge in [0, 0.05) is 61.6 Å². The van der Waals surface area contributed by atoms with E-state index < -0.39 is 17.6 Å². The van der Waals surface area contributed by atoms with E-state index in [1.165, 1.54) is 32.0 Å². The lowest BCUT2D eigenvalue weighted by Crippen LogP contribution is -2.45. The third-order valence-electron chi connectivity index (χ3n) is 6.79. The predicted molar refractivity (Wildman–Crippen MR) is 193 cm³/mol. The number of hydrogen-bond donors (Lipinski definition) is 0. The Balaban J connectivity index is 1.96. The fourth-order valence-corrected chi connectivity index (χ4v) is 12.6. The SMILES string of the molecule is CCO[Si](CCCC(OSSSOC(CCC[Si](OCC)(OCC)OCC)c1ccccc1)c1ccccc1)(OCC)OCC. The monoisotopic (exact) mass is 718 g/mol. The van der Waals surface area contributed by atoms with Crippen molar-refractivity contribution in [1.29, 1.82) is 0 Å². The molecule has 45 heavy (non-hydrogen) atoms. The zero-order chi connectivity index (χ0) is 32.6. The highest BCUT2D eigenvalue weighted by atomic mass is 33.5. The summed E-state index contributed by atoms with van der Waals surface area (Å²) >= 11 is 2.70. The molecule has 0 radical (unpaired) electrons. The summed E-state index contributed by atoms with van der Waals surface area (Å²) in [6.45, 7) is 15.4. The molecule has 2 aromatic rings. The largest absolute Gasteiger partial charge is 0.500 e. The summed E-state index contributed by atoms with van der Waals surface area (Å²) in [6, 6.07) is 22.2. The molecule has 0 heterocycles. The summed E-state index contributed by atoms with van der Waals surface area (Å²) < 4.78 is 49.0. The van der Waals surface area contributed by atoms with Crippen LogP contribution in [-0.2, 0) is 34.9 Å². The molecule has 8 nitrogen and oxygen atoms in total. The van der Waals surface area contributed by atoms with Crippen molar-refractivity contribution in [2.45, 2.75) is 91.5 Å². The maximum absolute atomic E-state index is 6.34. The van der Waals surface area contributed by atoms with E-state index in [4.69, 9.17) is 34.9 Å². The molecule has 0 aliphatic carbocycles. The van der Waals surface area contributed by atoms with Gasteiger partial charge in [-0.3, -0.25) is 8.37 Å². The molecule has 0 N–H and O–H groups in total. The highest BCUT2D eigenvalue weighted by Crippen LogP contribution is 2.44. The number of hydrogen-bond acceptors (Lipinski definition) is 11. The lowest BCUT2D eigenvalue weighted by atomic mass is 10.1. The first kappa shape index (κ1) is 40.8. The minimum Gasteiger partial charge on any atom is -0.374 e. The molecule has 0 saturated carbocycles. The van der Waals surface area contributed by atoms with E-state index in [-0.39, 0.29) is 12.2 Å². The molecule has 13 heteroatoms. The first-order chi connectivity index (χ1) is 22.0. The highest BCUT2D eigenvalue weighted by molar-refractivity contribution is 9.07. The van der Waals surface area contributed by atoms with Crippen molar-refractivity contribution in [3.05, 3.63) is 71.8 Å². The van der Waals surface area contributed by atoms with Gasteiger partial charge in [0.2, 0.25) is 0 Å². The van der Waals surface area contributed by atoms with Crippen LogP contribution in [0.3, 0.4) is 0 Å². The van der Waals surface area contributed by atoms with Gasteiger partial charge in [-0.15, -0.1) is 0 Å². The van der Waals surface area contributed by atoms with Gasteiger partial charge in [0.1, 0.15) is 0 Å². The summed E-state index contributed by atoms with van der Waals surface area (Å²) in [7, 11) is -3.92. The second-order valence-corrected chi connectivity index (χ2v) is 18.7. The third-order valence-corrected chi connectivity index (χ3v) is 15.6. The van der Waals surface area contributed by atoms with Crippen LogP contribution in [0.4, 0.5) is 0 Å². The van der Waals surface area contributed by atoms with Gasteiger partial charge in [0.25, 0.3) is 0 Å². The molecule has 2 rings (SSSR count). The summed E-state index contributed by atoms with van der Waals surface area (Å²) in [5, 5.41) is 0. The van der Waals surface area contributed by atoms with Gasteiger partial charge >= 0.3 is 17.6 Å². The Bertz CT molecular complexity index is 872. The summed E-state index contributed by atoms with van der Waals surface area (Å²) in [6.07, 6.45) is 3.21. The third kappa shape index (κ3) is 15.6. The molecule has 0 saturated heterocycles. The Hall–Kier alpha value is -0.396. The Morgan fingerprint density at radius 3 is 1.09 bits per heavy atom. The van der Waals surface area contributed by atoms with Gasteiger partial charge in [-0.05, 0) is 78.4 Å². The van der Waals surface area contributed by atoms with Gasteiger partial charge in [-0.2, -0.15) is 0 Å². The van der Waals surface area contributed by atoms with Crippen molar-refractivity contribution in [3.63, 3.8) is 0 Å². The van der Waals surface area contributed by atoms with E-state index in [1.807, 2.05) is 77.9 Å². The quantitative estimate of drug-likeness (QED) is 0.0365. The van der Waals surface area contributed by atoms with Crippen LogP contribution >= 0.6 is 32.0 Å². The standard InChI is InChI=1S/C32H54O8S3Si2/c1-7-33-44(34-8-2,35-9-3)27-19-25-31(29-21-15-13-16-22-29)39-41-43-42-40-32(30-23-17-14-18-24-30)26-20-28-45(36-10-4,37-11-5)38-12-6/h13-18,21-24,31-32H,7-12,19-20,25-28H2,1-6H3. The first-order valence-corrected chi connectivity index (χ1v) is 23.5. The first-order valence-electron chi connectivity index (χ1n) is 16.3. The Morgan fingerprint density at radius 2 is 0.800 bits per heavy atom. The van der Waals surface area contributed by atoms with E-state index in [2.05, 4.69) is 24.3 Å². The number of rotatable bonds is 28. The second kappa shape index (κ2) is 24.7. The van der Waals surface area contributed by atoms with Crippen molar-refractivity contribution >= 4 is 49.6 Å². The molecule has 2 unspecified atom stereocenters. The van der Waals surface area contributed by atoms with E-state index >= 15 is 0 Å². The van der Waals surface area contributed by atoms with Crippen molar-refractivity contribution in [2.75, 3.05) is 39.6 Å². The van der Waals surface area contributed by atoms with Crippen LogP contribution in [0.5, 0.6) is 0 Å². The van der Waals surface area contributed by atoms with E-state index in [1.54, 1.807) is 0 Å². The average Bonchev–Trinajstić information content (AvgIpc) is 3.04. The number of benzene rings is 2. The molecule has 0 bridgehead atoms. The summed E-state index contributed by atoms with van der Waals surface area (Å²) in [4.78, 5) is 0. The fraction of sp³-hybridized carbons (Fsp3) is 0.625. The molecular weight excluding hydrogens is 665 g/mol. The predicted octanol–water partition coefficient (Wildman–Crippen LogP) is 10.0. The van der Waals surface area contributed by atoms with Gasteiger partial charge in [0.15, 0.2) is 0 Å². The van der Waals surface area contributed by atoms with Crippen molar-refractivity contribution in [2.24, 2.45) is 0 Å². The minimum absolute atomic E-state index is 0.0837. The molecule has 0 aromatic heterocycles. The van der Waals surface area contributed by atoms with Gasteiger partial charge < -0.3 is 26.6 Å². The van der Waals surface area contributed by atoms with Crippen molar-refractivity contribution < 1.29 is 34.9 Å². The maximum Gasteiger partial charge on any atom is 0.500 e. The topological polar surface area (TPSA) is 73.8 Å². The molecule has 0 amide bonds. The molecule has 0 spiro atoms. The highest BCUT2D eigenvalue weighted by Gasteiger charge is 2.41.